The molecular weight excluding hydrogens is 283 g/mol. The molecule has 0 amide bonds. The monoisotopic (exact) mass is 298 g/mol. The van der Waals surface area contributed by atoms with Gasteiger partial charge in [-0.3, -0.25) is 0 Å². The van der Waals surface area contributed by atoms with Crippen LogP contribution in [0.2, 0.25) is 5.02 Å². The highest BCUT2D eigenvalue weighted by molar-refractivity contribution is 6.30. The Morgan fingerprint density at radius 3 is 3.00 bits per heavy atom. The highest BCUT2D eigenvalue weighted by Gasteiger charge is 2.10. The van der Waals surface area contributed by atoms with Gasteiger partial charge in [0.15, 0.2) is 17.3 Å². The van der Waals surface area contributed by atoms with Gasteiger partial charge in [0.2, 0.25) is 0 Å². The first-order valence-electron chi connectivity index (χ1n) is 6.31. The molecule has 0 unspecified atom stereocenters. The van der Waals surface area contributed by atoms with E-state index in [0.717, 1.165) is 5.69 Å². The molecule has 108 valence electrons. The van der Waals surface area contributed by atoms with Crippen LogP contribution in [0, 0.1) is 5.82 Å². The first-order valence-corrected chi connectivity index (χ1v) is 6.68. The average molecular weight is 299 g/mol. The van der Waals surface area contributed by atoms with Gasteiger partial charge in [-0.05, 0) is 12.1 Å². The minimum absolute atomic E-state index is 0.0295. The standard InChI is InChI=1S/C14H16ClFN2O2/c1-9(2)17-7-10-6-11(20-18-10)8-19-13-5-3-4-12(15)14(13)16/h3-6,9,17H,7-8H2,1-2H3. The second-order valence-electron chi connectivity index (χ2n) is 4.66. The van der Waals surface area contributed by atoms with E-state index in [1.165, 1.54) is 12.1 Å². The second-order valence-corrected chi connectivity index (χ2v) is 5.07. The van der Waals surface area contributed by atoms with Crippen molar-refractivity contribution in [2.75, 3.05) is 0 Å². The van der Waals surface area contributed by atoms with Crippen LogP contribution >= 0.6 is 11.6 Å². The Hall–Kier alpha value is -1.59. The van der Waals surface area contributed by atoms with Crippen LogP contribution in [0.25, 0.3) is 0 Å². The highest BCUT2D eigenvalue weighted by atomic mass is 35.5. The van der Waals surface area contributed by atoms with Crippen LogP contribution in [0.3, 0.4) is 0 Å². The SMILES string of the molecule is CC(C)NCc1cc(COc2cccc(Cl)c2F)on1. The van der Waals surface area contributed by atoms with Crippen LogP contribution in [0.15, 0.2) is 28.8 Å². The molecule has 0 fully saturated rings. The number of nitrogens with zero attached hydrogens (tertiary/aromatic N) is 1. The minimum atomic E-state index is -0.574. The number of ether oxygens (including phenoxy) is 1. The molecular formula is C14H16ClFN2O2. The van der Waals surface area contributed by atoms with Crippen LogP contribution in [0.1, 0.15) is 25.3 Å². The van der Waals surface area contributed by atoms with Gasteiger partial charge in [-0.25, -0.2) is 4.39 Å². The number of aromatic nitrogens is 1. The van der Waals surface area contributed by atoms with Crippen molar-refractivity contribution in [3.05, 3.63) is 46.6 Å². The summed E-state index contributed by atoms with van der Waals surface area (Å²) in [6.07, 6.45) is 0. The zero-order valence-corrected chi connectivity index (χ0v) is 12.1. The lowest BCUT2D eigenvalue weighted by Gasteiger charge is -2.05. The Morgan fingerprint density at radius 1 is 1.45 bits per heavy atom. The molecule has 1 aromatic carbocycles. The van der Waals surface area contributed by atoms with Crippen molar-refractivity contribution in [2.45, 2.75) is 33.0 Å². The fraction of sp³-hybridized carbons (Fsp3) is 0.357. The van der Waals surface area contributed by atoms with Crippen molar-refractivity contribution >= 4 is 11.6 Å². The van der Waals surface area contributed by atoms with E-state index in [0.29, 0.717) is 18.3 Å². The number of benzene rings is 1. The third kappa shape index (κ3) is 3.95. The molecule has 0 spiro atoms. The Morgan fingerprint density at radius 2 is 2.25 bits per heavy atom. The lowest BCUT2D eigenvalue weighted by Crippen LogP contribution is -2.21. The van der Waals surface area contributed by atoms with Gasteiger partial charge < -0.3 is 14.6 Å². The van der Waals surface area contributed by atoms with Crippen molar-refractivity contribution in [2.24, 2.45) is 0 Å². The number of hydrogen-bond acceptors (Lipinski definition) is 4. The normalized spacial score (nSPS) is 11.1. The van der Waals surface area contributed by atoms with Crippen molar-refractivity contribution in [3.63, 3.8) is 0 Å². The van der Waals surface area contributed by atoms with E-state index in [-0.39, 0.29) is 17.4 Å². The van der Waals surface area contributed by atoms with Crippen LogP contribution in [-0.4, -0.2) is 11.2 Å². The fourth-order valence-electron chi connectivity index (χ4n) is 1.56. The van der Waals surface area contributed by atoms with Crippen LogP contribution in [-0.2, 0) is 13.2 Å². The Balaban J connectivity index is 1.92. The number of hydrogen-bond donors (Lipinski definition) is 1. The predicted molar refractivity (Wildman–Crippen MR) is 74.2 cm³/mol. The maximum absolute atomic E-state index is 13.6. The van der Waals surface area contributed by atoms with Crippen molar-refractivity contribution < 1.29 is 13.7 Å². The van der Waals surface area contributed by atoms with E-state index < -0.39 is 5.82 Å². The molecule has 0 bridgehead atoms. The largest absolute Gasteiger partial charge is 0.482 e. The summed E-state index contributed by atoms with van der Waals surface area (Å²) in [6.45, 7) is 4.82. The molecule has 0 aliphatic rings. The molecule has 1 heterocycles. The van der Waals surface area contributed by atoms with E-state index in [4.69, 9.17) is 20.9 Å². The van der Waals surface area contributed by atoms with Gasteiger partial charge >= 0.3 is 0 Å². The van der Waals surface area contributed by atoms with Crippen LogP contribution in [0.4, 0.5) is 4.39 Å². The molecule has 2 rings (SSSR count). The molecule has 0 aliphatic heterocycles. The van der Waals surface area contributed by atoms with Crippen LogP contribution in [0.5, 0.6) is 5.75 Å². The molecule has 0 saturated carbocycles. The molecule has 0 aliphatic carbocycles. The second kappa shape index (κ2) is 6.72. The summed E-state index contributed by atoms with van der Waals surface area (Å²) in [6, 6.07) is 6.75. The van der Waals surface area contributed by atoms with Gasteiger partial charge in [0, 0.05) is 18.7 Å². The molecule has 6 heteroatoms. The average Bonchev–Trinajstić information content (AvgIpc) is 2.86. The Kier molecular flexibility index (Phi) is 4.98. The highest BCUT2D eigenvalue weighted by Crippen LogP contribution is 2.24. The van der Waals surface area contributed by atoms with Gasteiger partial charge in [-0.1, -0.05) is 36.7 Å². The summed E-state index contributed by atoms with van der Waals surface area (Å²) in [7, 11) is 0. The summed E-state index contributed by atoms with van der Waals surface area (Å²) >= 11 is 5.67. The van der Waals surface area contributed by atoms with Gasteiger partial charge in [0.1, 0.15) is 6.61 Å². The smallest absolute Gasteiger partial charge is 0.183 e. The van der Waals surface area contributed by atoms with E-state index in [9.17, 15) is 4.39 Å². The summed E-state index contributed by atoms with van der Waals surface area (Å²) in [4.78, 5) is 0. The van der Waals surface area contributed by atoms with Crippen molar-refractivity contribution in [3.8, 4) is 5.75 Å². The van der Waals surface area contributed by atoms with E-state index >= 15 is 0 Å². The van der Waals surface area contributed by atoms with E-state index in [1.54, 1.807) is 12.1 Å². The summed E-state index contributed by atoms with van der Waals surface area (Å²) < 4.78 is 24.1. The maximum Gasteiger partial charge on any atom is 0.183 e. The number of halogens is 2. The molecule has 4 nitrogen and oxygen atoms in total. The maximum atomic E-state index is 13.6. The van der Waals surface area contributed by atoms with Crippen LogP contribution < -0.4 is 10.1 Å². The molecule has 0 atom stereocenters. The molecule has 1 aromatic heterocycles. The van der Waals surface area contributed by atoms with Gasteiger partial charge in [-0.15, -0.1) is 0 Å². The lowest BCUT2D eigenvalue weighted by atomic mass is 10.3. The number of rotatable bonds is 6. The zero-order valence-electron chi connectivity index (χ0n) is 11.3. The lowest BCUT2D eigenvalue weighted by molar-refractivity contribution is 0.239. The van der Waals surface area contributed by atoms with Gasteiger partial charge in [0.25, 0.3) is 0 Å². The van der Waals surface area contributed by atoms with E-state index in [1.807, 2.05) is 13.8 Å². The molecule has 1 N–H and O–H groups in total. The summed E-state index contributed by atoms with van der Waals surface area (Å²) in [5, 5.41) is 7.16. The van der Waals surface area contributed by atoms with E-state index in [2.05, 4.69) is 10.5 Å². The Bertz CT molecular complexity index is 572. The quantitative estimate of drug-likeness (QED) is 0.886. The first-order chi connectivity index (χ1) is 9.56. The number of nitrogens with one attached hydrogen (secondary N) is 1. The minimum Gasteiger partial charge on any atom is -0.482 e. The summed E-state index contributed by atoms with van der Waals surface area (Å²) in [5.41, 5.74) is 0.781. The van der Waals surface area contributed by atoms with Crippen molar-refractivity contribution in [1.82, 2.24) is 10.5 Å². The fourth-order valence-corrected chi connectivity index (χ4v) is 1.73. The Labute approximate surface area is 121 Å². The first kappa shape index (κ1) is 14.8. The predicted octanol–water partition coefficient (Wildman–Crippen LogP) is 3.54. The van der Waals surface area contributed by atoms with Gasteiger partial charge in [0.05, 0.1) is 10.7 Å². The molecule has 2 aromatic rings. The summed E-state index contributed by atoms with van der Waals surface area (Å²) in [5.74, 6) is 0.0519. The molecule has 20 heavy (non-hydrogen) atoms. The third-order valence-electron chi connectivity index (χ3n) is 2.59. The zero-order chi connectivity index (χ0) is 14.5. The van der Waals surface area contributed by atoms with Crippen molar-refractivity contribution in [1.29, 1.82) is 0 Å². The third-order valence-corrected chi connectivity index (χ3v) is 2.88. The molecule has 0 saturated heterocycles. The van der Waals surface area contributed by atoms with Gasteiger partial charge in [-0.2, -0.15) is 0 Å². The topological polar surface area (TPSA) is 47.3 Å². The molecule has 0 radical (unpaired) electrons.